The molecule has 0 aromatic heterocycles. The standard InChI is InChI=1S/C16H25NO2/c1-4-5-6-7-15(17)13-8-10-14(11-9-13)16(18)19-12(2)3/h8-12,15H,4-7,17H2,1-3H3/t15-/m0/s1. The largest absolute Gasteiger partial charge is 0.459 e. The second-order valence-electron chi connectivity index (χ2n) is 5.18. The van der Waals surface area contributed by atoms with Crippen LogP contribution in [0, 0.1) is 0 Å². The number of rotatable bonds is 7. The van der Waals surface area contributed by atoms with Crippen LogP contribution in [0.2, 0.25) is 0 Å². The monoisotopic (exact) mass is 263 g/mol. The summed E-state index contributed by atoms with van der Waals surface area (Å²) in [5.41, 5.74) is 7.79. The Morgan fingerprint density at radius 2 is 1.84 bits per heavy atom. The molecule has 0 spiro atoms. The van der Waals surface area contributed by atoms with Crippen molar-refractivity contribution in [2.75, 3.05) is 0 Å². The van der Waals surface area contributed by atoms with E-state index in [1.54, 1.807) is 12.1 Å². The molecule has 0 aliphatic rings. The van der Waals surface area contributed by atoms with Crippen LogP contribution in [0.5, 0.6) is 0 Å². The number of ether oxygens (including phenoxy) is 1. The van der Waals surface area contributed by atoms with Gasteiger partial charge in [-0.3, -0.25) is 0 Å². The van der Waals surface area contributed by atoms with Gasteiger partial charge in [0.05, 0.1) is 11.7 Å². The summed E-state index contributed by atoms with van der Waals surface area (Å²) in [5.74, 6) is -0.277. The third kappa shape index (κ3) is 5.43. The summed E-state index contributed by atoms with van der Waals surface area (Å²) in [6.45, 7) is 5.87. The van der Waals surface area contributed by atoms with Crippen LogP contribution in [0.25, 0.3) is 0 Å². The van der Waals surface area contributed by atoms with Crippen molar-refractivity contribution in [1.82, 2.24) is 0 Å². The molecule has 0 heterocycles. The molecule has 1 aromatic rings. The van der Waals surface area contributed by atoms with Gasteiger partial charge in [0.15, 0.2) is 0 Å². The highest BCUT2D eigenvalue weighted by Crippen LogP contribution is 2.18. The Morgan fingerprint density at radius 3 is 2.37 bits per heavy atom. The minimum Gasteiger partial charge on any atom is -0.459 e. The van der Waals surface area contributed by atoms with Gasteiger partial charge in [0.2, 0.25) is 0 Å². The molecule has 1 atom stereocenters. The average molecular weight is 263 g/mol. The fourth-order valence-electron chi connectivity index (χ4n) is 1.93. The Balaban J connectivity index is 2.57. The molecule has 0 radical (unpaired) electrons. The summed E-state index contributed by atoms with van der Waals surface area (Å²) in [4.78, 5) is 11.7. The summed E-state index contributed by atoms with van der Waals surface area (Å²) >= 11 is 0. The second-order valence-corrected chi connectivity index (χ2v) is 5.18. The minimum absolute atomic E-state index is 0.0571. The molecule has 1 aromatic carbocycles. The van der Waals surface area contributed by atoms with Crippen LogP contribution in [0.4, 0.5) is 0 Å². The fraction of sp³-hybridized carbons (Fsp3) is 0.562. The van der Waals surface area contributed by atoms with Gasteiger partial charge in [0.1, 0.15) is 0 Å². The second kappa shape index (κ2) is 7.95. The lowest BCUT2D eigenvalue weighted by molar-refractivity contribution is 0.0378. The van der Waals surface area contributed by atoms with Crippen LogP contribution in [-0.4, -0.2) is 12.1 Å². The molecule has 0 saturated heterocycles. The van der Waals surface area contributed by atoms with E-state index >= 15 is 0 Å². The molecule has 1 rings (SSSR count). The molecule has 3 heteroatoms. The van der Waals surface area contributed by atoms with Crippen molar-refractivity contribution in [3.05, 3.63) is 35.4 Å². The number of hydrogen-bond donors (Lipinski definition) is 1. The van der Waals surface area contributed by atoms with Crippen LogP contribution in [0.1, 0.15) is 68.4 Å². The van der Waals surface area contributed by atoms with Gasteiger partial charge in [-0.15, -0.1) is 0 Å². The molecule has 0 aliphatic carbocycles. The van der Waals surface area contributed by atoms with Crippen molar-refractivity contribution >= 4 is 5.97 Å². The number of carbonyl (C=O) groups excluding carboxylic acids is 1. The van der Waals surface area contributed by atoms with E-state index in [1.165, 1.54) is 12.8 Å². The first-order valence-corrected chi connectivity index (χ1v) is 7.11. The lowest BCUT2D eigenvalue weighted by Gasteiger charge is -2.13. The molecular weight excluding hydrogens is 238 g/mol. The minimum atomic E-state index is -0.277. The molecule has 0 saturated carbocycles. The topological polar surface area (TPSA) is 52.3 Å². The first-order chi connectivity index (χ1) is 9.04. The van der Waals surface area contributed by atoms with Gasteiger partial charge in [-0.2, -0.15) is 0 Å². The van der Waals surface area contributed by atoms with Crippen molar-refractivity contribution in [2.45, 2.75) is 58.6 Å². The van der Waals surface area contributed by atoms with Crippen molar-refractivity contribution in [3.8, 4) is 0 Å². The van der Waals surface area contributed by atoms with E-state index in [2.05, 4.69) is 6.92 Å². The van der Waals surface area contributed by atoms with Gasteiger partial charge < -0.3 is 10.5 Å². The van der Waals surface area contributed by atoms with Gasteiger partial charge in [0.25, 0.3) is 0 Å². The molecule has 2 N–H and O–H groups in total. The number of hydrogen-bond acceptors (Lipinski definition) is 3. The van der Waals surface area contributed by atoms with Crippen molar-refractivity contribution < 1.29 is 9.53 Å². The number of carbonyl (C=O) groups is 1. The zero-order valence-corrected chi connectivity index (χ0v) is 12.2. The normalized spacial score (nSPS) is 12.5. The van der Waals surface area contributed by atoms with Gasteiger partial charge in [0, 0.05) is 6.04 Å². The Kier molecular flexibility index (Phi) is 6.57. The Bertz CT molecular complexity index is 384. The molecule has 106 valence electrons. The lowest BCUT2D eigenvalue weighted by atomic mass is 10.0. The van der Waals surface area contributed by atoms with Crippen LogP contribution in [0.3, 0.4) is 0 Å². The zero-order valence-electron chi connectivity index (χ0n) is 12.2. The molecule has 19 heavy (non-hydrogen) atoms. The van der Waals surface area contributed by atoms with E-state index in [0.717, 1.165) is 18.4 Å². The Morgan fingerprint density at radius 1 is 1.21 bits per heavy atom. The van der Waals surface area contributed by atoms with E-state index < -0.39 is 0 Å². The summed E-state index contributed by atoms with van der Waals surface area (Å²) in [6.07, 6.45) is 4.46. The predicted molar refractivity (Wildman–Crippen MR) is 78.1 cm³/mol. The van der Waals surface area contributed by atoms with Crippen molar-refractivity contribution in [2.24, 2.45) is 5.73 Å². The van der Waals surface area contributed by atoms with Crippen LogP contribution >= 0.6 is 0 Å². The summed E-state index contributed by atoms with van der Waals surface area (Å²) in [6, 6.07) is 7.49. The van der Waals surface area contributed by atoms with E-state index in [-0.39, 0.29) is 18.1 Å². The molecular formula is C16H25NO2. The van der Waals surface area contributed by atoms with Crippen LogP contribution in [0.15, 0.2) is 24.3 Å². The third-order valence-corrected chi connectivity index (χ3v) is 3.04. The number of benzene rings is 1. The zero-order chi connectivity index (χ0) is 14.3. The molecule has 0 fully saturated rings. The maximum absolute atomic E-state index is 11.7. The number of nitrogens with two attached hydrogens (primary N) is 1. The maximum atomic E-state index is 11.7. The van der Waals surface area contributed by atoms with Crippen LogP contribution in [-0.2, 0) is 4.74 Å². The van der Waals surface area contributed by atoms with Gasteiger partial charge in [-0.05, 0) is 38.0 Å². The first-order valence-electron chi connectivity index (χ1n) is 7.11. The highest BCUT2D eigenvalue weighted by atomic mass is 16.5. The van der Waals surface area contributed by atoms with Gasteiger partial charge in [-0.1, -0.05) is 38.3 Å². The van der Waals surface area contributed by atoms with Gasteiger partial charge >= 0.3 is 5.97 Å². The van der Waals surface area contributed by atoms with E-state index in [0.29, 0.717) is 5.56 Å². The molecule has 0 bridgehead atoms. The molecule has 0 aliphatic heterocycles. The van der Waals surface area contributed by atoms with Crippen LogP contribution < -0.4 is 5.73 Å². The first kappa shape index (κ1) is 15.7. The summed E-state index contributed by atoms with van der Waals surface area (Å²) in [5, 5.41) is 0. The lowest BCUT2D eigenvalue weighted by Crippen LogP contribution is -2.13. The number of unbranched alkanes of at least 4 members (excludes halogenated alkanes) is 2. The molecule has 3 nitrogen and oxygen atoms in total. The molecule has 0 amide bonds. The highest BCUT2D eigenvalue weighted by molar-refractivity contribution is 5.89. The SMILES string of the molecule is CCCCC[C@H](N)c1ccc(C(=O)OC(C)C)cc1. The number of esters is 1. The van der Waals surface area contributed by atoms with E-state index in [9.17, 15) is 4.79 Å². The van der Waals surface area contributed by atoms with E-state index in [1.807, 2.05) is 26.0 Å². The van der Waals surface area contributed by atoms with Crippen molar-refractivity contribution in [3.63, 3.8) is 0 Å². The fourth-order valence-corrected chi connectivity index (χ4v) is 1.93. The Labute approximate surface area is 116 Å². The van der Waals surface area contributed by atoms with Gasteiger partial charge in [-0.25, -0.2) is 4.79 Å². The molecule has 0 unspecified atom stereocenters. The predicted octanol–water partition coefficient (Wildman–Crippen LogP) is 3.83. The maximum Gasteiger partial charge on any atom is 0.338 e. The quantitative estimate of drug-likeness (QED) is 0.601. The average Bonchev–Trinajstić information content (AvgIpc) is 2.38. The van der Waals surface area contributed by atoms with Crippen molar-refractivity contribution in [1.29, 1.82) is 0 Å². The highest BCUT2D eigenvalue weighted by Gasteiger charge is 2.10. The van der Waals surface area contributed by atoms with E-state index in [4.69, 9.17) is 10.5 Å². The summed E-state index contributed by atoms with van der Waals surface area (Å²) < 4.78 is 5.15. The Hall–Kier alpha value is -1.35. The smallest absolute Gasteiger partial charge is 0.338 e. The summed E-state index contributed by atoms with van der Waals surface area (Å²) in [7, 11) is 0. The third-order valence-electron chi connectivity index (χ3n) is 3.04.